The molecule has 2 amide bonds. The summed E-state index contributed by atoms with van der Waals surface area (Å²) in [6.07, 6.45) is 0. The molecule has 36 heavy (non-hydrogen) atoms. The van der Waals surface area contributed by atoms with Gasteiger partial charge >= 0.3 is 0 Å². The van der Waals surface area contributed by atoms with E-state index in [2.05, 4.69) is 36.2 Å². The van der Waals surface area contributed by atoms with Crippen molar-refractivity contribution in [3.05, 3.63) is 53.2 Å². The predicted molar refractivity (Wildman–Crippen MR) is 133 cm³/mol. The highest BCUT2D eigenvalue weighted by Crippen LogP contribution is 2.29. The Morgan fingerprint density at radius 1 is 1.00 bits per heavy atom. The van der Waals surface area contributed by atoms with Crippen LogP contribution in [0, 0.1) is 0 Å². The van der Waals surface area contributed by atoms with Gasteiger partial charge in [-0.1, -0.05) is 23.7 Å². The SMILES string of the molecule is COCCOCCOCC(=O)Nc1cccc2cc(C(=O)Nc3ccc(Cl)cc3-c3nnn[nH]3)[nH]c12. The number of aromatic nitrogens is 5. The highest BCUT2D eigenvalue weighted by molar-refractivity contribution is 6.31. The van der Waals surface area contributed by atoms with Crippen molar-refractivity contribution < 1.29 is 23.8 Å². The molecule has 0 saturated carbocycles. The molecule has 0 spiro atoms. The van der Waals surface area contributed by atoms with Crippen molar-refractivity contribution in [2.75, 3.05) is 50.8 Å². The van der Waals surface area contributed by atoms with E-state index in [1.165, 1.54) is 0 Å². The van der Waals surface area contributed by atoms with E-state index in [9.17, 15) is 9.59 Å². The Balaban J connectivity index is 1.41. The molecular weight excluding hydrogens is 490 g/mol. The number of benzene rings is 2. The fourth-order valence-electron chi connectivity index (χ4n) is 3.38. The van der Waals surface area contributed by atoms with Gasteiger partial charge in [0.15, 0.2) is 5.82 Å². The minimum absolute atomic E-state index is 0.131. The minimum Gasteiger partial charge on any atom is -0.382 e. The lowest BCUT2D eigenvalue weighted by Gasteiger charge is -2.09. The second-order valence-electron chi connectivity index (χ2n) is 7.55. The number of nitrogens with zero attached hydrogens (tertiary/aromatic N) is 3. The minimum atomic E-state index is -0.392. The standard InChI is InChI=1S/C23H24ClN7O5/c1-34-7-8-35-9-10-36-13-20(32)25-18-4-2-3-14-11-19(26-21(14)18)23(33)27-17-6-5-15(24)12-16(17)22-28-30-31-29-22/h2-6,11-12,26H,7-10,13H2,1H3,(H,25,32)(H,27,33)(H,28,29,30,31). The third kappa shape index (κ3) is 6.43. The zero-order valence-corrected chi connectivity index (χ0v) is 20.1. The van der Waals surface area contributed by atoms with E-state index in [1.807, 2.05) is 6.07 Å². The molecule has 0 atom stereocenters. The van der Waals surface area contributed by atoms with Crippen LogP contribution in [0.25, 0.3) is 22.3 Å². The fraction of sp³-hybridized carbons (Fsp3) is 0.261. The van der Waals surface area contributed by atoms with Gasteiger partial charge in [-0.2, -0.15) is 0 Å². The van der Waals surface area contributed by atoms with Crippen molar-refractivity contribution in [2.24, 2.45) is 0 Å². The maximum Gasteiger partial charge on any atom is 0.272 e. The number of halogens is 1. The zero-order chi connectivity index (χ0) is 25.3. The van der Waals surface area contributed by atoms with Crippen molar-refractivity contribution in [3.63, 3.8) is 0 Å². The van der Waals surface area contributed by atoms with Gasteiger partial charge in [0.2, 0.25) is 5.91 Å². The second kappa shape index (κ2) is 12.2. The van der Waals surface area contributed by atoms with E-state index in [-0.39, 0.29) is 19.1 Å². The van der Waals surface area contributed by atoms with Gasteiger partial charge in [0.05, 0.1) is 43.3 Å². The van der Waals surface area contributed by atoms with Gasteiger partial charge in [0, 0.05) is 23.1 Å². The molecule has 188 valence electrons. The maximum atomic E-state index is 13.0. The van der Waals surface area contributed by atoms with Gasteiger partial charge < -0.3 is 29.8 Å². The number of hydrogen-bond donors (Lipinski definition) is 4. The Kier molecular flexibility index (Phi) is 8.57. The number of tetrazole rings is 1. The molecule has 13 heteroatoms. The van der Waals surface area contributed by atoms with Crippen LogP contribution in [0.15, 0.2) is 42.5 Å². The number of ether oxygens (including phenoxy) is 3. The summed E-state index contributed by atoms with van der Waals surface area (Å²) >= 11 is 6.11. The summed E-state index contributed by atoms with van der Waals surface area (Å²) in [5, 5.41) is 20.6. The third-order valence-corrected chi connectivity index (χ3v) is 5.28. The van der Waals surface area contributed by atoms with Crippen LogP contribution in [-0.4, -0.2) is 77.6 Å². The van der Waals surface area contributed by atoms with E-state index in [0.29, 0.717) is 58.8 Å². The van der Waals surface area contributed by atoms with E-state index in [4.69, 9.17) is 25.8 Å². The molecule has 2 aromatic heterocycles. The molecule has 0 bridgehead atoms. The largest absolute Gasteiger partial charge is 0.382 e. The highest BCUT2D eigenvalue weighted by atomic mass is 35.5. The summed E-state index contributed by atoms with van der Waals surface area (Å²) in [4.78, 5) is 28.4. The normalized spacial score (nSPS) is 11.1. The lowest BCUT2D eigenvalue weighted by molar-refractivity contribution is -0.121. The van der Waals surface area contributed by atoms with Crippen LogP contribution < -0.4 is 10.6 Å². The van der Waals surface area contributed by atoms with Gasteiger partial charge in [0.1, 0.15) is 12.3 Å². The van der Waals surface area contributed by atoms with Crippen molar-refractivity contribution >= 4 is 45.7 Å². The lowest BCUT2D eigenvalue weighted by Crippen LogP contribution is -2.20. The zero-order valence-electron chi connectivity index (χ0n) is 19.3. The highest BCUT2D eigenvalue weighted by Gasteiger charge is 2.16. The molecule has 0 aliphatic rings. The number of methoxy groups -OCH3 is 1. The Morgan fingerprint density at radius 3 is 2.64 bits per heavy atom. The summed E-state index contributed by atoms with van der Waals surface area (Å²) in [5.41, 5.74) is 2.44. The van der Waals surface area contributed by atoms with Gasteiger partial charge in [0.25, 0.3) is 5.91 Å². The molecule has 4 N–H and O–H groups in total. The average molecular weight is 514 g/mol. The summed E-state index contributed by atoms with van der Waals surface area (Å²) in [6, 6.07) is 12.0. The number of hydrogen-bond acceptors (Lipinski definition) is 8. The predicted octanol–water partition coefficient (Wildman–Crippen LogP) is 2.87. The van der Waals surface area contributed by atoms with Crippen LogP contribution in [0.2, 0.25) is 5.02 Å². The topological polar surface area (TPSA) is 156 Å². The molecular formula is C23H24ClN7O5. The number of aromatic amines is 2. The van der Waals surface area contributed by atoms with Gasteiger partial charge in [-0.25, -0.2) is 5.10 Å². The number of nitrogens with one attached hydrogen (secondary N) is 4. The molecule has 4 aromatic rings. The first-order valence-electron chi connectivity index (χ1n) is 11.0. The molecule has 0 radical (unpaired) electrons. The van der Waals surface area contributed by atoms with Gasteiger partial charge in [-0.05, 0) is 40.8 Å². The molecule has 0 unspecified atom stereocenters. The van der Waals surface area contributed by atoms with Crippen molar-refractivity contribution in [1.29, 1.82) is 0 Å². The molecule has 0 aliphatic heterocycles. The Bertz CT molecular complexity index is 1330. The number of amides is 2. The molecule has 0 saturated heterocycles. The monoisotopic (exact) mass is 513 g/mol. The molecule has 12 nitrogen and oxygen atoms in total. The van der Waals surface area contributed by atoms with Gasteiger partial charge in [-0.15, -0.1) is 5.10 Å². The fourth-order valence-corrected chi connectivity index (χ4v) is 3.55. The van der Waals surface area contributed by atoms with E-state index < -0.39 is 5.91 Å². The van der Waals surface area contributed by atoms with Crippen molar-refractivity contribution in [1.82, 2.24) is 25.6 Å². The van der Waals surface area contributed by atoms with Crippen LogP contribution in [0.3, 0.4) is 0 Å². The molecule has 4 rings (SSSR count). The summed E-state index contributed by atoms with van der Waals surface area (Å²) in [5.74, 6) is -0.360. The maximum absolute atomic E-state index is 13.0. The Labute approximate surface area is 210 Å². The second-order valence-corrected chi connectivity index (χ2v) is 7.99. The first-order valence-corrected chi connectivity index (χ1v) is 11.3. The van der Waals surface area contributed by atoms with Crippen LogP contribution in [0.1, 0.15) is 10.5 Å². The first kappa shape index (κ1) is 25.3. The summed E-state index contributed by atoms with van der Waals surface area (Å²) < 4.78 is 15.5. The molecule has 2 aromatic carbocycles. The third-order valence-electron chi connectivity index (χ3n) is 5.04. The summed E-state index contributed by atoms with van der Waals surface area (Å²) in [7, 11) is 1.60. The smallest absolute Gasteiger partial charge is 0.272 e. The van der Waals surface area contributed by atoms with Gasteiger partial charge in [-0.3, -0.25) is 9.59 Å². The quantitative estimate of drug-likeness (QED) is 0.211. The lowest BCUT2D eigenvalue weighted by atomic mass is 10.1. The number of H-pyrrole nitrogens is 2. The van der Waals surface area contributed by atoms with E-state index >= 15 is 0 Å². The van der Waals surface area contributed by atoms with Crippen molar-refractivity contribution in [3.8, 4) is 11.4 Å². The van der Waals surface area contributed by atoms with E-state index in [0.717, 1.165) is 5.39 Å². The van der Waals surface area contributed by atoms with Crippen LogP contribution in [0.5, 0.6) is 0 Å². The average Bonchev–Trinajstić information content (AvgIpc) is 3.55. The number of fused-ring (bicyclic) bond motifs is 1. The van der Waals surface area contributed by atoms with Crippen LogP contribution in [0.4, 0.5) is 11.4 Å². The number of carbonyl (C=O) groups is 2. The Morgan fingerprint density at radius 2 is 1.83 bits per heavy atom. The number of rotatable bonds is 12. The number of carbonyl (C=O) groups excluding carboxylic acids is 2. The summed E-state index contributed by atoms with van der Waals surface area (Å²) in [6.45, 7) is 1.48. The first-order chi connectivity index (χ1) is 17.5. The van der Waals surface area contributed by atoms with Crippen LogP contribution >= 0.6 is 11.6 Å². The number of anilines is 2. The molecule has 0 aliphatic carbocycles. The van der Waals surface area contributed by atoms with Crippen LogP contribution in [-0.2, 0) is 19.0 Å². The number of para-hydroxylation sites is 1. The van der Waals surface area contributed by atoms with Crippen molar-refractivity contribution in [2.45, 2.75) is 0 Å². The molecule has 0 fully saturated rings. The van der Waals surface area contributed by atoms with E-state index in [1.54, 1.807) is 43.5 Å². The Hall–Kier alpha value is -3.84. The molecule has 2 heterocycles.